The Bertz CT molecular complexity index is 1500. The highest BCUT2D eigenvalue weighted by Crippen LogP contribution is 2.53. The number of rotatable bonds is 12. The fraction of sp³-hybridized carbons (Fsp3) is 0.457. The van der Waals surface area contributed by atoms with Crippen LogP contribution in [0, 0.1) is 5.92 Å². The molecular weight excluding hydrogens is 592 g/mol. The van der Waals surface area contributed by atoms with Gasteiger partial charge in [0.15, 0.2) is 23.0 Å². The lowest BCUT2D eigenvalue weighted by Gasteiger charge is -2.37. The van der Waals surface area contributed by atoms with E-state index in [1.807, 2.05) is 54.6 Å². The van der Waals surface area contributed by atoms with Crippen molar-refractivity contribution < 1.29 is 42.7 Å². The Morgan fingerprint density at radius 1 is 0.826 bits per heavy atom. The second kappa shape index (κ2) is 13.7. The van der Waals surface area contributed by atoms with Crippen LogP contribution >= 0.6 is 0 Å². The summed E-state index contributed by atoms with van der Waals surface area (Å²) < 4.78 is 47.0. The van der Waals surface area contributed by atoms with E-state index in [1.165, 1.54) is 0 Å². The van der Waals surface area contributed by atoms with Crippen molar-refractivity contribution >= 4 is 5.97 Å². The van der Waals surface area contributed by atoms with Gasteiger partial charge in [-0.05, 0) is 73.1 Å². The molecule has 0 N–H and O–H groups in total. The van der Waals surface area contributed by atoms with Crippen molar-refractivity contribution in [2.45, 2.75) is 18.1 Å². The third-order valence-electron chi connectivity index (χ3n) is 9.14. The number of carbonyl (C=O) groups excluding carboxylic acids is 1. The molecule has 3 atom stereocenters. The van der Waals surface area contributed by atoms with Crippen LogP contribution in [0.15, 0.2) is 54.6 Å². The molecule has 11 nitrogen and oxygen atoms in total. The minimum Gasteiger partial charge on any atom is -0.497 e. The molecule has 0 spiro atoms. The maximum Gasteiger partial charge on any atom is 0.316 e. The Morgan fingerprint density at radius 3 is 2.17 bits per heavy atom. The third kappa shape index (κ3) is 6.14. The van der Waals surface area contributed by atoms with Crippen LogP contribution < -0.4 is 28.4 Å². The minimum atomic E-state index is -1.41. The highest BCUT2D eigenvalue weighted by Gasteiger charge is 2.58. The van der Waals surface area contributed by atoms with Crippen LogP contribution in [0.3, 0.4) is 0 Å². The highest BCUT2D eigenvalue weighted by atomic mass is 16.7. The monoisotopic (exact) mass is 634 g/mol. The van der Waals surface area contributed by atoms with Gasteiger partial charge in [0, 0.05) is 38.3 Å². The zero-order valence-electron chi connectivity index (χ0n) is 27.1. The summed E-state index contributed by atoms with van der Waals surface area (Å²) in [5.41, 5.74) is 2.34. The molecule has 0 amide bonds. The predicted octanol–water partition coefficient (Wildman–Crippen LogP) is 4.07. The van der Waals surface area contributed by atoms with E-state index in [0.29, 0.717) is 54.1 Å². The van der Waals surface area contributed by atoms with E-state index in [1.54, 1.807) is 28.4 Å². The molecule has 3 aliphatic rings. The molecule has 3 aromatic rings. The lowest BCUT2D eigenvalue weighted by molar-refractivity contribution is -0.238. The van der Waals surface area contributed by atoms with Gasteiger partial charge in [0.25, 0.3) is 0 Å². The molecule has 0 radical (unpaired) electrons. The summed E-state index contributed by atoms with van der Waals surface area (Å²) in [5, 5.41) is 0. The van der Waals surface area contributed by atoms with Crippen molar-refractivity contribution in [2.75, 3.05) is 81.6 Å². The van der Waals surface area contributed by atoms with Crippen molar-refractivity contribution in [1.29, 1.82) is 0 Å². The number of nitrogens with zero attached hydrogens (tertiary/aromatic N) is 2. The van der Waals surface area contributed by atoms with Gasteiger partial charge in [-0.15, -0.1) is 0 Å². The zero-order chi connectivity index (χ0) is 32.3. The molecule has 11 heteroatoms. The number of piperazine rings is 1. The average molecular weight is 635 g/mol. The van der Waals surface area contributed by atoms with Crippen molar-refractivity contribution in [3.05, 3.63) is 71.3 Å². The Hall–Kier alpha value is -4.19. The summed E-state index contributed by atoms with van der Waals surface area (Å²) in [6.07, 6.45) is 0.391. The molecule has 46 heavy (non-hydrogen) atoms. The fourth-order valence-electron chi connectivity index (χ4n) is 6.62. The summed E-state index contributed by atoms with van der Waals surface area (Å²) in [5.74, 6) is 0.488. The molecule has 2 fully saturated rings. The van der Waals surface area contributed by atoms with Gasteiger partial charge in [-0.1, -0.05) is 6.07 Å². The van der Waals surface area contributed by atoms with Gasteiger partial charge in [0.2, 0.25) is 18.3 Å². The van der Waals surface area contributed by atoms with E-state index >= 15 is 0 Å². The number of carbonyl (C=O) groups is 1. The van der Waals surface area contributed by atoms with E-state index in [-0.39, 0.29) is 12.8 Å². The number of hydrogen-bond donors (Lipinski definition) is 0. The third-order valence-corrected chi connectivity index (χ3v) is 9.14. The molecule has 3 unspecified atom stereocenters. The molecule has 3 heterocycles. The molecule has 2 saturated heterocycles. The van der Waals surface area contributed by atoms with Crippen LogP contribution in [-0.2, 0) is 26.5 Å². The first-order valence-corrected chi connectivity index (χ1v) is 15.5. The number of benzene rings is 3. The second-order valence-electron chi connectivity index (χ2n) is 11.7. The van der Waals surface area contributed by atoms with Crippen LogP contribution in [0.1, 0.15) is 22.6 Å². The summed E-state index contributed by atoms with van der Waals surface area (Å²) in [7, 11) is 8.50. The van der Waals surface area contributed by atoms with E-state index < -0.39 is 17.6 Å². The Kier molecular flexibility index (Phi) is 9.44. The molecule has 0 bridgehead atoms. The Morgan fingerprint density at radius 2 is 1.52 bits per heavy atom. The normalized spacial score (nSPS) is 22.8. The number of fused-ring (bicyclic) bond motifs is 1. The fourth-order valence-corrected chi connectivity index (χ4v) is 6.62. The van der Waals surface area contributed by atoms with Crippen molar-refractivity contribution in [2.24, 2.45) is 5.92 Å². The average Bonchev–Trinajstić information content (AvgIpc) is 3.66. The van der Waals surface area contributed by atoms with Gasteiger partial charge < -0.3 is 42.8 Å². The first kappa shape index (κ1) is 31.8. The molecular formula is C35H42N2O9. The molecule has 0 aliphatic carbocycles. The maximum absolute atomic E-state index is 14.2. The highest BCUT2D eigenvalue weighted by molar-refractivity contribution is 5.82. The summed E-state index contributed by atoms with van der Waals surface area (Å²) in [6.45, 7) is 5.09. The predicted molar refractivity (Wildman–Crippen MR) is 169 cm³/mol. The van der Waals surface area contributed by atoms with Crippen molar-refractivity contribution in [3.63, 3.8) is 0 Å². The quantitative estimate of drug-likeness (QED) is 0.270. The van der Waals surface area contributed by atoms with Crippen LogP contribution in [0.4, 0.5) is 0 Å². The number of ether oxygens (including phenoxy) is 8. The van der Waals surface area contributed by atoms with E-state index in [9.17, 15) is 4.79 Å². The molecule has 6 rings (SSSR count). The number of likely N-dealkylation sites (N-methyl/N-ethyl adjacent to an activating group) is 1. The smallest absolute Gasteiger partial charge is 0.316 e. The zero-order valence-corrected chi connectivity index (χ0v) is 27.1. The van der Waals surface area contributed by atoms with Gasteiger partial charge in [-0.25, -0.2) is 0 Å². The summed E-state index contributed by atoms with van der Waals surface area (Å²) in [4.78, 5) is 18.8. The molecule has 3 aromatic carbocycles. The largest absolute Gasteiger partial charge is 0.497 e. The summed E-state index contributed by atoms with van der Waals surface area (Å²) in [6, 6.07) is 17.0. The van der Waals surface area contributed by atoms with Crippen molar-refractivity contribution in [3.8, 4) is 34.5 Å². The molecule has 246 valence electrons. The number of methoxy groups -OCH3 is 4. The van der Waals surface area contributed by atoms with E-state index in [4.69, 9.17) is 37.9 Å². The lowest BCUT2D eigenvalue weighted by atomic mass is 9.76. The van der Waals surface area contributed by atoms with Crippen LogP contribution in [0.5, 0.6) is 34.5 Å². The number of hydrogen-bond acceptors (Lipinski definition) is 11. The van der Waals surface area contributed by atoms with Crippen LogP contribution in [-0.4, -0.2) is 97.4 Å². The Labute approximate surface area is 269 Å². The molecule has 0 saturated carbocycles. The van der Waals surface area contributed by atoms with Gasteiger partial charge in [0.05, 0.1) is 46.9 Å². The first-order valence-electron chi connectivity index (χ1n) is 15.5. The summed E-state index contributed by atoms with van der Waals surface area (Å²) >= 11 is 0. The van der Waals surface area contributed by atoms with E-state index in [0.717, 1.165) is 42.9 Å². The topological polar surface area (TPSA) is 97.4 Å². The van der Waals surface area contributed by atoms with Gasteiger partial charge >= 0.3 is 5.97 Å². The second-order valence-corrected chi connectivity index (χ2v) is 11.7. The van der Waals surface area contributed by atoms with Gasteiger partial charge in [0.1, 0.15) is 5.75 Å². The molecule has 3 aliphatic heterocycles. The van der Waals surface area contributed by atoms with Gasteiger partial charge in [-0.2, -0.15) is 0 Å². The minimum absolute atomic E-state index is 0.133. The maximum atomic E-state index is 14.2. The lowest BCUT2D eigenvalue weighted by Crippen LogP contribution is -2.46. The van der Waals surface area contributed by atoms with Crippen molar-refractivity contribution in [1.82, 2.24) is 9.80 Å². The standard InChI is InChI=1S/C35H42N2O9/c1-36-12-14-37(15-13-36)16-17-45-35(25-7-9-26(39-2)10-8-25)27(18-23-19-30(40-3)33(42-5)31(20-23)41-4)32(34(38)46-35)24-6-11-28-29(21-24)44-22-43-28/h6-11,19-21,27,32H,12-18,22H2,1-5H3. The first-order chi connectivity index (χ1) is 22.4. The Balaban J connectivity index is 1.44. The van der Waals surface area contributed by atoms with Crippen LogP contribution in [0.25, 0.3) is 0 Å². The van der Waals surface area contributed by atoms with Crippen LogP contribution in [0.2, 0.25) is 0 Å². The SMILES string of the molecule is COc1ccc(C2(OCCN3CCN(C)CC3)OC(=O)C(c3ccc4c(c3)OCO4)C2Cc2cc(OC)c(OC)c(OC)c2)cc1. The van der Waals surface area contributed by atoms with E-state index in [2.05, 4.69) is 16.8 Å². The number of esters is 1. The van der Waals surface area contributed by atoms with Gasteiger partial charge in [-0.3, -0.25) is 9.69 Å². The molecule has 0 aromatic heterocycles. The number of cyclic esters (lactones) is 1.